The van der Waals surface area contributed by atoms with Gasteiger partial charge in [0, 0.05) is 50.2 Å². The van der Waals surface area contributed by atoms with Crippen molar-refractivity contribution in [1.82, 2.24) is 14.5 Å². The average Bonchev–Trinajstić information content (AvgIpc) is 3.25. The molecular weight excluding hydrogens is 354 g/mol. The second-order valence-corrected chi connectivity index (χ2v) is 7.85. The zero-order valence-electron chi connectivity index (χ0n) is 16.5. The summed E-state index contributed by atoms with van der Waals surface area (Å²) in [4.78, 5) is 6.98. The SMILES string of the molecule is OC[C@@H]1CCC[C@@H](n2ccnc2-c2ccc(OCCN3CCOCC3)cc2)C1. The summed E-state index contributed by atoms with van der Waals surface area (Å²) in [6, 6.07) is 8.67. The van der Waals surface area contributed by atoms with Gasteiger partial charge in [-0.3, -0.25) is 4.90 Å². The van der Waals surface area contributed by atoms with E-state index in [1.54, 1.807) is 0 Å². The largest absolute Gasteiger partial charge is 0.492 e. The second kappa shape index (κ2) is 9.54. The number of aromatic nitrogens is 2. The number of hydrogen-bond donors (Lipinski definition) is 1. The van der Waals surface area contributed by atoms with Crippen molar-refractivity contribution in [2.45, 2.75) is 31.7 Å². The first-order valence-corrected chi connectivity index (χ1v) is 10.5. The molecule has 2 atom stereocenters. The number of hydrogen-bond acceptors (Lipinski definition) is 5. The molecule has 152 valence electrons. The maximum atomic E-state index is 9.53. The first kappa shape index (κ1) is 19.4. The van der Waals surface area contributed by atoms with E-state index < -0.39 is 0 Å². The van der Waals surface area contributed by atoms with Gasteiger partial charge in [-0.15, -0.1) is 0 Å². The number of ether oxygens (including phenoxy) is 2. The van der Waals surface area contributed by atoms with Gasteiger partial charge in [0.25, 0.3) is 0 Å². The molecule has 2 fully saturated rings. The third-order valence-corrected chi connectivity index (χ3v) is 5.97. The van der Waals surface area contributed by atoms with Crippen LogP contribution in [-0.4, -0.2) is 65.6 Å². The van der Waals surface area contributed by atoms with Gasteiger partial charge in [0.1, 0.15) is 18.2 Å². The van der Waals surface area contributed by atoms with Gasteiger partial charge in [-0.05, 0) is 49.4 Å². The van der Waals surface area contributed by atoms with E-state index in [9.17, 15) is 5.11 Å². The molecule has 6 nitrogen and oxygen atoms in total. The van der Waals surface area contributed by atoms with Crippen LogP contribution >= 0.6 is 0 Å². The Morgan fingerprint density at radius 3 is 2.75 bits per heavy atom. The Hall–Kier alpha value is -1.89. The summed E-state index contributed by atoms with van der Waals surface area (Å²) < 4.78 is 13.6. The van der Waals surface area contributed by atoms with E-state index in [4.69, 9.17) is 9.47 Å². The van der Waals surface area contributed by atoms with Crippen molar-refractivity contribution in [2.24, 2.45) is 5.92 Å². The van der Waals surface area contributed by atoms with E-state index in [1.807, 2.05) is 18.3 Å². The van der Waals surface area contributed by atoms with E-state index >= 15 is 0 Å². The Balaban J connectivity index is 1.36. The van der Waals surface area contributed by atoms with Crippen LogP contribution in [-0.2, 0) is 4.74 Å². The van der Waals surface area contributed by atoms with Crippen molar-refractivity contribution in [3.8, 4) is 17.1 Å². The Morgan fingerprint density at radius 2 is 1.96 bits per heavy atom. The summed E-state index contributed by atoms with van der Waals surface area (Å²) in [6.07, 6.45) is 8.44. The molecule has 1 aliphatic carbocycles. The van der Waals surface area contributed by atoms with Crippen LogP contribution < -0.4 is 4.74 Å². The summed E-state index contributed by atoms with van der Waals surface area (Å²) in [5.41, 5.74) is 1.11. The molecule has 2 aliphatic rings. The van der Waals surface area contributed by atoms with Gasteiger partial charge in [-0.25, -0.2) is 4.98 Å². The molecule has 28 heavy (non-hydrogen) atoms. The van der Waals surface area contributed by atoms with Crippen LogP contribution in [0.3, 0.4) is 0 Å². The number of aliphatic hydroxyl groups is 1. The number of nitrogens with zero attached hydrogens (tertiary/aromatic N) is 3. The summed E-state index contributed by atoms with van der Waals surface area (Å²) in [7, 11) is 0. The van der Waals surface area contributed by atoms with Crippen molar-refractivity contribution >= 4 is 0 Å². The van der Waals surface area contributed by atoms with Crippen molar-refractivity contribution in [3.05, 3.63) is 36.7 Å². The number of aliphatic hydroxyl groups excluding tert-OH is 1. The van der Waals surface area contributed by atoms with Crippen LogP contribution in [0.25, 0.3) is 11.4 Å². The van der Waals surface area contributed by atoms with Gasteiger partial charge in [-0.2, -0.15) is 0 Å². The molecule has 2 heterocycles. The van der Waals surface area contributed by atoms with Gasteiger partial charge in [0.2, 0.25) is 0 Å². The van der Waals surface area contributed by atoms with Crippen molar-refractivity contribution in [2.75, 3.05) is 46.1 Å². The van der Waals surface area contributed by atoms with E-state index in [1.165, 1.54) is 6.42 Å². The minimum absolute atomic E-state index is 0.289. The molecule has 0 spiro atoms. The minimum Gasteiger partial charge on any atom is -0.492 e. The van der Waals surface area contributed by atoms with Crippen LogP contribution in [0.1, 0.15) is 31.7 Å². The topological polar surface area (TPSA) is 59.8 Å². The Kier molecular flexibility index (Phi) is 6.62. The molecule has 0 unspecified atom stereocenters. The highest BCUT2D eigenvalue weighted by Gasteiger charge is 2.24. The van der Waals surface area contributed by atoms with Crippen LogP contribution in [0.4, 0.5) is 0 Å². The lowest BCUT2D eigenvalue weighted by atomic mass is 9.86. The zero-order valence-corrected chi connectivity index (χ0v) is 16.5. The van der Waals surface area contributed by atoms with E-state index in [0.717, 1.165) is 69.2 Å². The molecule has 1 aliphatic heterocycles. The fourth-order valence-electron chi connectivity index (χ4n) is 4.33. The van der Waals surface area contributed by atoms with Crippen molar-refractivity contribution in [1.29, 1.82) is 0 Å². The Morgan fingerprint density at radius 1 is 1.14 bits per heavy atom. The van der Waals surface area contributed by atoms with E-state index in [-0.39, 0.29) is 6.61 Å². The Labute approximate surface area is 167 Å². The van der Waals surface area contributed by atoms with Gasteiger partial charge in [0.05, 0.1) is 13.2 Å². The highest BCUT2D eigenvalue weighted by atomic mass is 16.5. The molecule has 0 amide bonds. The number of rotatable bonds is 7. The fraction of sp³-hybridized carbons (Fsp3) is 0.591. The third kappa shape index (κ3) is 4.74. The van der Waals surface area contributed by atoms with Crippen molar-refractivity contribution < 1.29 is 14.6 Å². The normalized spacial score (nSPS) is 23.6. The predicted octanol–water partition coefficient (Wildman–Crippen LogP) is 2.98. The molecule has 1 N–H and O–H groups in total. The number of imidazole rings is 1. The van der Waals surface area contributed by atoms with Gasteiger partial charge >= 0.3 is 0 Å². The molecule has 1 saturated carbocycles. The molecule has 4 rings (SSSR count). The van der Waals surface area contributed by atoms with E-state index in [0.29, 0.717) is 18.6 Å². The van der Waals surface area contributed by atoms with E-state index in [2.05, 4.69) is 32.8 Å². The Bertz CT molecular complexity index is 725. The highest BCUT2D eigenvalue weighted by molar-refractivity contribution is 5.57. The van der Waals surface area contributed by atoms with Gasteiger partial charge in [0.15, 0.2) is 0 Å². The molecule has 6 heteroatoms. The van der Waals surface area contributed by atoms with Crippen LogP contribution in [0.2, 0.25) is 0 Å². The predicted molar refractivity (Wildman–Crippen MR) is 108 cm³/mol. The summed E-state index contributed by atoms with van der Waals surface area (Å²) in [6.45, 7) is 5.54. The fourth-order valence-corrected chi connectivity index (χ4v) is 4.33. The molecule has 2 aromatic rings. The van der Waals surface area contributed by atoms with Gasteiger partial charge in [-0.1, -0.05) is 6.42 Å². The lowest BCUT2D eigenvalue weighted by Crippen LogP contribution is -2.38. The molecular formula is C22H31N3O3. The maximum Gasteiger partial charge on any atom is 0.140 e. The molecule has 1 aromatic heterocycles. The van der Waals surface area contributed by atoms with Crippen LogP contribution in [0.15, 0.2) is 36.7 Å². The minimum atomic E-state index is 0.289. The highest BCUT2D eigenvalue weighted by Crippen LogP contribution is 2.35. The lowest BCUT2D eigenvalue weighted by Gasteiger charge is -2.30. The molecule has 1 aromatic carbocycles. The zero-order chi connectivity index (χ0) is 19.2. The first-order valence-electron chi connectivity index (χ1n) is 10.5. The number of benzene rings is 1. The van der Waals surface area contributed by atoms with Gasteiger partial charge < -0.3 is 19.1 Å². The quantitative estimate of drug-likeness (QED) is 0.794. The molecule has 0 radical (unpaired) electrons. The first-order chi connectivity index (χ1) is 13.8. The van der Waals surface area contributed by atoms with Crippen molar-refractivity contribution in [3.63, 3.8) is 0 Å². The molecule has 1 saturated heterocycles. The second-order valence-electron chi connectivity index (χ2n) is 7.85. The monoisotopic (exact) mass is 385 g/mol. The average molecular weight is 386 g/mol. The lowest BCUT2D eigenvalue weighted by molar-refractivity contribution is 0.0322. The van der Waals surface area contributed by atoms with Crippen LogP contribution in [0, 0.1) is 5.92 Å². The number of morpholine rings is 1. The maximum absolute atomic E-state index is 9.53. The van der Waals surface area contributed by atoms with Crippen LogP contribution in [0.5, 0.6) is 5.75 Å². The summed E-state index contributed by atoms with van der Waals surface area (Å²) >= 11 is 0. The summed E-state index contributed by atoms with van der Waals surface area (Å²) in [5, 5.41) is 9.53. The third-order valence-electron chi connectivity index (χ3n) is 5.97. The molecule has 0 bridgehead atoms. The smallest absolute Gasteiger partial charge is 0.140 e. The summed E-state index contributed by atoms with van der Waals surface area (Å²) in [5.74, 6) is 2.31. The standard InChI is InChI=1S/C22H31N3O3/c26-17-18-2-1-3-20(16-18)25-9-8-23-22(25)19-4-6-21(7-5-19)28-15-12-24-10-13-27-14-11-24/h4-9,18,20,26H,1-3,10-17H2/t18-,20-/m1/s1.